The van der Waals surface area contributed by atoms with Crippen LogP contribution in [0.15, 0.2) is 36.4 Å². The molecule has 0 saturated carbocycles. The molecule has 1 atom stereocenters. The fourth-order valence-corrected chi connectivity index (χ4v) is 2.56. The number of hydrogen-bond acceptors (Lipinski definition) is 4. The highest BCUT2D eigenvalue weighted by Crippen LogP contribution is 2.20. The summed E-state index contributed by atoms with van der Waals surface area (Å²) in [4.78, 5) is 36.3. The maximum Gasteiger partial charge on any atom is 0.326 e. The lowest BCUT2D eigenvalue weighted by atomic mass is 10.1. The van der Waals surface area contributed by atoms with Crippen LogP contribution in [0.25, 0.3) is 0 Å². The lowest BCUT2D eigenvalue weighted by molar-refractivity contribution is -0.152. The normalized spacial score (nSPS) is 11.5. The third-order valence-corrected chi connectivity index (χ3v) is 4.53. The van der Waals surface area contributed by atoms with E-state index in [1.165, 1.54) is 6.92 Å². The molecule has 7 heteroatoms. The third kappa shape index (κ3) is 5.82. The van der Waals surface area contributed by atoms with E-state index >= 15 is 0 Å². The molecule has 0 spiro atoms. The number of nitrogens with one attached hydrogen (secondary N) is 2. The van der Waals surface area contributed by atoms with Gasteiger partial charge in [-0.15, -0.1) is 0 Å². The highest BCUT2D eigenvalue weighted by atomic mass is 35.5. The molecule has 0 unspecified atom stereocenters. The van der Waals surface area contributed by atoms with Crippen molar-refractivity contribution in [1.29, 1.82) is 0 Å². The molecular formula is C21H23ClN2O4. The maximum atomic E-state index is 12.2. The van der Waals surface area contributed by atoms with Gasteiger partial charge in [-0.25, -0.2) is 0 Å². The zero-order chi connectivity index (χ0) is 20.8. The molecule has 0 aliphatic heterocycles. The van der Waals surface area contributed by atoms with Crippen LogP contribution < -0.4 is 10.6 Å². The number of hydrogen-bond donors (Lipinski definition) is 2. The van der Waals surface area contributed by atoms with Gasteiger partial charge in [0.2, 0.25) is 0 Å². The van der Waals surface area contributed by atoms with Crippen molar-refractivity contribution >= 4 is 35.1 Å². The lowest BCUT2D eigenvalue weighted by Crippen LogP contribution is -2.36. The van der Waals surface area contributed by atoms with E-state index < -0.39 is 18.0 Å². The standard InChI is InChI=1S/C21H23ClN2O4/c1-12-5-7-16(9-14(12)3)21(27)23-11-19(25)28-15(4)20(26)24-18-10-17(22)8-6-13(18)2/h5-10,15H,11H2,1-4H3,(H,23,27)(H,24,26)/t15-/m1/s1. The number of halogens is 1. The van der Waals surface area contributed by atoms with Gasteiger partial charge < -0.3 is 15.4 Å². The van der Waals surface area contributed by atoms with Crippen molar-refractivity contribution in [2.75, 3.05) is 11.9 Å². The van der Waals surface area contributed by atoms with Gasteiger partial charge in [-0.3, -0.25) is 14.4 Å². The first kappa shape index (κ1) is 21.4. The predicted molar refractivity (Wildman–Crippen MR) is 109 cm³/mol. The number of aryl methyl sites for hydroxylation is 3. The molecule has 6 nitrogen and oxygen atoms in total. The van der Waals surface area contributed by atoms with Crippen molar-refractivity contribution < 1.29 is 19.1 Å². The Labute approximate surface area is 169 Å². The van der Waals surface area contributed by atoms with E-state index in [0.29, 0.717) is 16.3 Å². The number of anilines is 1. The third-order valence-electron chi connectivity index (χ3n) is 4.30. The molecule has 148 valence electrons. The van der Waals surface area contributed by atoms with Crippen LogP contribution in [-0.4, -0.2) is 30.4 Å². The van der Waals surface area contributed by atoms with E-state index in [0.717, 1.165) is 16.7 Å². The number of esters is 1. The topological polar surface area (TPSA) is 84.5 Å². The van der Waals surface area contributed by atoms with Crippen LogP contribution in [0.4, 0.5) is 5.69 Å². The molecule has 0 bridgehead atoms. The summed E-state index contributed by atoms with van der Waals surface area (Å²) in [5.74, 6) is -1.58. The summed E-state index contributed by atoms with van der Waals surface area (Å²) in [6.45, 7) is 6.80. The summed E-state index contributed by atoms with van der Waals surface area (Å²) >= 11 is 5.93. The predicted octanol–water partition coefficient (Wildman–Crippen LogP) is 3.57. The second-order valence-corrected chi connectivity index (χ2v) is 7.00. The fourth-order valence-electron chi connectivity index (χ4n) is 2.39. The summed E-state index contributed by atoms with van der Waals surface area (Å²) in [6, 6.07) is 10.4. The summed E-state index contributed by atoms with van der Waals surface area (Å²) in [7, 11) is 0. The van der Waals surface area contributed by atoms with Crippen molar-refractivity contribution in [3.8, 4) is 0 Å². The monoisotopic (exact) mass is 402 g/mol. The van der Waals surface area contributed by atoms with E-state index in [1.54, 1.807) is 30.3 Å². The van der Waals surface area contributed by atoms with Gasteiger partial charge in [-0.05, 0) is 68.7 Å². The lowest BCUT2D eigenvalue weighted by Gasteiger charge is -2.15. The summed E-state index contributed by atoms with van der Waals surface area (Å²) in [5, 5.41) is 5.65. The van der Waals surface area contributed by atoms with E-state index in [2.05, 4.69) is 10.6 Å². The van der Waals surface area contributed by atoms with Crippen molar-refractivity contribution in [1.82, 2.24) is 5.32 Å². The molecule has 28 heavy (non-hydrogen) atoms. The van der Waals surface area contributed by atoms with Crippen LogP contribution in [0, 0.1) is 20.8 Å². The minimum atomic E-state index is -1.02. The van der Waals surface area contributed by atoms with Crippen LogP contribution >= 0.6 is 11.6 Å². The number of carbonyl (C=O) groups excluding carboxylic acids is 3. The molecule has 2 aromatic carbocycles. The van der Waals surface area contributed by atoms with Crippen LogP contribution in [0.3, 0.4) is 0 Å². The highest BCUT2D eigenvalue weighted by Gasteiger charge is 2.19. The zero-order valence-electron chi connectivity index (χ0n) is 16.3. The van der Waals surface area contributed by atoms with Crippen LogP contribution in [0.5, 0.6) is 0 Å². The van der Waals surface area contributed by atoms with Gasteiger partial charge in [-0.1, -0.05) is 23.7 Å². The quantitative estimate of drug-likeness (QED) is 0.723. The molecule has 2 rings (SSSR count). The number of carbonyl (C=O) groups is 3. The Morgan fingerprint density at radius 1 is 1.00 bits per heavy atom. The van der Waals surface area contributed by atoms with Gasteiger partial charge in [-0.2, -0.15) is 0 Å². The first-order valence-electron chi connectivity index (χ1n) is 8.79. The fraction of sp³-hybridized carbons (Fsp3) is 0.286. The minimum absolute atomic E-state index is 0.334. The number of amides is 2. The van der Waals surface area contributed by atoms with E-state index in [-0.39, 0.29) is 12.5 Å². The molecular weight excluding hydrogens is 380 g/mol. The average molecular weight is 403 g/mol. The Bertz CT molecular complexity index is 911. The summed E-state index contributed by atoms with van der Waals surface area (Å²) < 4.78 is 5.08. The van der Waals surface area contributed by atoms with Crippen LogP contribution in [-0.2, 0) is 14.3 Å². The van der Waals surface area contributed by atoms with Gasteiger partial charge in [0.15, 0.2) is 6.10 Å². The molecule has 0 aliphatic carbocycles. The van der Waals surface area contributed by atoms with E-state index in [9.17, 15) is 14.4 Å². The molecule has 0 radical (unpaired) electrons. The van der Waals surface area contributed by atoms with Gasteiger partial charge in [0.05, 0.1) is 0 Å². The SMILES string of the molecule is Cc1ccc(C(=O)NCC(=O)O[C@H](C)C(=O)Nc2cc(Cl)ccc2C)cc1C. The second kappa shape index (κ2) is 9.37. The Kier molecular flexibility index (Phi) is 7.18. The minimum Gasteiger partial charge on any atom is -0.451 e. The average Bonchev–Trinajstić information content (AvgIpc) is 2.64. The van der Waals surface area contributed by atoms with Crippen molar-refractivity contribution in [3.05, 3.63) is 63.7 Å². The van der Waals surface area contributed by atoms with Crippen LogP contribution in [0.2, 0.25) is 5.02 Å². The summed E-state index contributed by atoms with van der Waals surface area (Å²) in [6.07, 6.45) is -1.02. The molecule has 2 amide bonds. The smallest absolute Gasteiger partial charge is 0.326 e. The van der Waals surface area contributed by atoms with Gasteiger partial charge in [0.1, 0.15) is 6.54 Å². The van der Waals surface area contributed by atoms with E-state index in [4.69, 9.17) is 16.3 Å². The second-order valence-electron chi connectivity index (χ2n) is 6.56. The molecule has 0 fully saturated rings. The Morgan fingerprint density at radius 3 is 2.36 bits per heavy atom. The summed E-state index contributed by atoms with van der Waals surface area (Å²) in [5.41, 5.74) is 3.89. The van der Waals surface area contributed by atoms with Gasteiger partial charge in [0, 0.05) is 16.3 Å². The Hall–Kier alpha value is -2.86. The van der Waals surface area contributed by atoms with Gasteiger partial charge >= 0.3 is 5.97 Å². The molecule has 2 N–H and O–H groups in total. The maximum absolute atomic E-state index is 12.2. The molecule has 0 heterocycles. The number of rotatable bonds is 6. The van der Waals surface area contributed by atoms with Crippen molar-refractivity contribution in [2.24, 2.45) is 0 Å². The van der Waals surface area contributed by atoms with Gasteiger partial charge in [0.25, 0.3) is 11.8 Å². The largest absolute Gasteiger partial charge is 0.451 e. The number of benzene rings is 2. The first-order valence-corrected chi connectivity index (χ1v) is 9.17. The van der Waals surface area contributed by atoms with E-state index in [1.807, 2.05) is 26.8 Å². The molecule has 2 aromatic rings. The zero-order valence-corrected chi connectivity index (χ0v) is 17.0. The Balaban J connectivity index is 1.86. The number of ether oxygens (including phenoxy) is 1. The van der Waals surface area contributed by atoms with Crippen molar-refractivity contribution in [2.45, 2.75) is 33.8 Å². The van der Waals surface area contributed by atoms with Crippen LogP contribution in [0.1, 0.15) is 34.0 Å². The molecule has 0 aromatic heterocycles. The van der Waals surface area contributed by atoms with Crippen molar-refractivity contribution in [3.63, 3.8) is 0 Å². The highest BCUT2D eigenvalue weighted by molar-refractivity contribution is 6.31. The molecule has 0 saturated heterocycles. The molecule has 0 aliphatic rings. The Morgan fingerprint density at radius 2 is 1.68 bits per heavy atom. The first-order chi connectivity index (χ1) is 13.2.